The normalized spacial score (nSPS) is 25.3. The van der Waals surface area contributed by atoms with E-state index in [1.165, 1.54) is 48.9 Å². The van der Waals surface area contributed by atoms with E-state index in [1.54, 1.807) is 0 Å². The molecule has 1 aliphatic heterocycles. The molecular formula is C14H19N. The van der Waals surface area contributed by atoms with Gasteiger partial charge in [0.15, 0.2) is 0 Å². The second-order valence-corrected chi connectivity index (χ2v) is 5.16. The molecular weight excluding hydrogens is 182 g/mol. The smallest absolute Gasteiger partial charge is 0.0376 e. The van der Waals surface area contributed by atoms with Gasteiger partial charge >= 0.3 is 0 Å². The predicted molar refractivity (Wildman–Crippen MR) is 64.3 cm³/mol. The van der Waals surface area contributed by atoms with Crippen molar-refractivity contribution in [2.24, 2.45) is 5.92 Å². The Morgan fingerprint density at radius 2 is 2.00 bits per heavy atom. The molecule has 0 saturated heterocycles. The SMILES string of the molecule is Cc1ccc2c(c1)CC(C1CCCC1)N2. The molecule has 15 heavy (non-hydrogen) atoms. The van der Waals surface area contributed by atoms with Gasteiger partial charge in [0.2, 0.25) is 0 Å². The zero-order valence-electron chi connectivity index (χ0n) is 9.42. The summed E-state index contributed by atoms with van der Waals surface area (Å²) in [6.07, 6.45) is 7.01. The number of aryl methyl sites for hydroxylation is 1. The van der Waals surface area contributed by atoms with Crippen LogP contribution in [-0.2, 0) is 6.42 Å². The Kier molecular flexibility index (Phi) is 2.19. The van der Waals surface area contributed by atoms with E-state index in [0.29, 0.717) is 0 Å². The molecule has 1 saturated carbocycles. The van der Waals surface area contributed by atoms with Gasteiger partial charge < -0.3 is 5.32 Å². The summed E-state index contributed by atoms with van der Waals surface area (Å²) >= 11 is 0. The first-order valence-electron chi connectivity index (χ1n) is 6.19. The predicted octanol–water partition coefficient (Wildman–Crippen LogP) is 3.52. The maximum Gasteiger partial charge on any atom is 0.0376 e. The molecule has 1 nitrogen and oxygen atoms in total. The molecule has 1 aliphatic carbocycles. The second kappa shape index (κ2) is 3.55. The van der Waals surface area contributed by atoms with Crippen LogP contribution in [0.2, 0.25) is 0 Å². The van der Waals surface area contributed by atoms with Crippen molar-refractivity contribution in [2.75, 3.05) is 5.32 Å². The molecule has 0 bridgehead atoms. The summed E-state index contributed by atoms with van der Waals surface area (Å²) in [5.41, 5.74) is 4.31. The Morgan fingerprint density at radius 1 is 1.20 bits per heavy atom. The average Bonchev–Trinajstić information content (AvgIpc) is 2.84. The fraction of sp³-hybridized carbons (Fsp3) is 0.571. The first-order valence-corrected chi connectivity index (χ1v) is 6.19. The van der Waals surface area contributed by atoms with Gasteiger partial charge in [-0.25, -0.2) is 0 Å². The van der Waals surface area contributed by atoms with Crippen LogP contribution in [0.15, 0.2) is 18.2 Å². The van der Waals surface area contributed by atoms with Gasteiger partial charge in [0.25, 0.3) is 0 Å². The van der Waals surface area contributed by atoms with E-state index in [-0.39, 0.29) is 0 Å². The van der Waals surface area contributed by atoms with E-state index >= 15 is 0 Å². The summed E-state index contributed by atoms with van der Waals surface area (Å²) in [6.45, 7) is 2.18. The molecule has 0 radical (unpaired) electrons. The van der Waals surface area contributed by atoms with Crippen LogP contribution in [0.25, 0.3) is 0 Å². The molecule has 2 aliphatic rings. The van der Waals surface area contributed by atoms with E-state index in [4.69, 9.17) is 0 Å². The van der Waals surface area contributed by atoms with Crippen LogP contribution in [0.5, 0.6) is 0 Å². The van der Waals surface area contributed by atoms with Crippen LogP contribution in [0.1, 0.15) is 36.8 Å². The highest BCUT2D eigenvalue weighted by Crippen LogP contribution is 2.36. The van der Waals surface area contributed by atoms with Gasteiger partial charge in [-0.05, 0) is 43.7 Å². The number of hydrogen-bond acceptors (Lipinski definition) is 1. The highest BCUT2D eigenvalue weighted by molar-refractivity contribution is 5.58. The Hall–Kier alpha value is -0.980. The van der Waals surface area contributed by atoms with E-state index in [0.717, 1.165) is 12.0 Å². The molecule has 1 aromatic carbocycles. The average molecular weight is 201 g/mol. The van der Waals surface area contributed by atoms with Crippen LogP contribution >= 0.6 is 0 Å². The number of hydrogen-bond donors (Lipinski definition) is 1. The van der Waals surface area contributed by atoms with Crippen molar-refractivity contribution in [3.8, 4) is 0 Å². The summed E-state index contributed by atoms with van der Waals surface area (Å²) in [6, 6.07) is 7.53. The highest BCUT2D eigenvalue weighted by Gasteiger charge is 2.29. The lowest BCUT2D eigenvalue weighted by molar-refractivity contribution is 0.466. The fourth-order valence-corrected chi connectivity index (χ4v) is 3.16. The van der Waals surface area contributed by atoms with Gasteiger partial charge in [0, 0.05) is 11.7 Å². The van der Waals surface area contributed by atoms with E-state index in [2.05, 4.69) is 30.4 Å². The molecule has 1 heteroatoms. The van der Waals surface area contributed by atoms with Gasteiger partial charge in [-0.2, -0.15) is 0 Å². The van der Waals surface area contributed by atoms with Crippen molar-refractivity contribution in [2.45, 2.75) is 45.1 Å². The Morgan fingerprint density at radius 3 is 2.80 bits per heavy atom. The molecule has 1 heterocycles. The molecule has 80 valence electrons. The molecule has 0 aromatic heterocycles. The van der Waals surface area contributed by atoms with Gasteiger partial charge in [0.05, 0.1) is 0 Å². The van der Waals surface area contributed by atoms with Crippen molar-refractivity contribution in [3.05, 3.63) is 29.3 Å². The van der Waals surface area contributed by atoms with Crippen LogP contribution < -0.4 is 5.32 Å². The third-order valence-electron chi connectivity index (χ3n) is 4.01. The number of nitrogens with one attached hydrogen (secondary N) is 1. The van der Waals surface area contributed by atoms with Crippen molar-refractivity contribution in [1.82, 2.24) is 0 Å². The molecule has 1 fully saturated rings. The number of benzene rings is 1. The summed E-state index contributed by atoms with van der Waals surface area (Å²) in [5.74, 6) is 0.928. The third-order valence-corrected chi connectivity index (χ3v) is 4.01. The number of fused-ring (bicyclic) bond motifs is 1. The summed E-state index contributed by atoms with van der Waals surface area (Å²) in [7, 11) is 0. The Bertz CT molecular complexity index is 364. The van der Waals surface area contributed by atoms with Gasteiger partial charge in [-0.3, -0.25) is 0 Å². The minimum Gasteiger partial charge on any atom is -0.381 e. The number of rotatable bonds is 1. The van der Waals surface area contributed by atoms with Crippen molar-refractivity contribution in [3.63, 3.8) is 0 Å². The summed E-state index contributed by atoms with van der Waals surface area (Å²) in [5, 5.41) is 3.70. The Balaban J connectivity index is 1.79. The lowest BCUT2D eigenvalue weighted by Crippen LogP contribution is -2.24. The molecule has 1 atom stereocenters. The van der Waals surface area contributed by atoms with E-state index < -0.39 is 0 Å². The maximum atomic E-state index is 3.70. The lowest BCUT2D eigenvalue weighted by Gasteiger charge is -2.18. The minimum atomic E-state index is 0.726. The summed E-state index contributed by atoms with van der Waals surface area (Å²) in [4.78, 5) is 0. The summed E-state index contributed by atoms with van der Waals surface area (Å²) < 4.78 is 0. The standard InChI is InChI=1S/C14H19N/c1-10-6-7-13-12(8-10)9-14(15-13)11-4-2-3-5-11/h6-8,11,14-15H,2-5,9H2,1H3. The second-order valence-electron chi connectivity index (χ2n) is 5.16. The lowest BCUT2D eigenvalue weighted by atomic mass is 9.95. The number of anilines is 1. The molecule has 1 aromatic rings. The topological polar surface area (TPSA) is 12.0 Å². The van der Waals surface area contributed by atoms with E-state index in [1.807, 2.05) is 0 Å². The first kappa shape index (κ1) is 9.26. The van der Waals surface area contributed by atoms with Gasteiger partial charge in [-0.1, -0.05) is 30.5 Å². The molecule has 1 unspecified atom stereocenters. The molecule has 0 amide bonds. The van der Waals surface area contributed by atoms with Gasteiger partial charge in [0.1, 0.15) is 0 Å². The van der Waals surface area contributed by atoms with Crippen LogP contribution in [0.3, 0.4) is 0 Å². The molecule has 0 spiro atoms. The monoisotopic (exact) mass is 201 g/mol. The third kappa shape index (κ3) is 1.64. The molecule has 1 N–H and O–H groups in total. The Labute approximate surface area is 91.9 Å². The fourth-order valence-electron chi connectivity index (χ4n) is 3.16. The van der Waals surface area contributed by atoms with Crippen molar-refractivity contribution < 1.29 is 0 Å². The van der Waals surface area contributed by atoms with Crippen molar-refractivity contribution in [1.29, 1.82) is 0 Å². The quantitative estimate of drug-likeness (QED) is 0.733. The largest absolute Gasteiger partial charge is 0.381 e. The first-order chi connectivity index (χ1) is 7.33. The van der Waals surface area contributed by atoms with Crippen molar-refractivity contribution >= 4 is 5.69 Å². The maximum absolute atomic E-state index is 3.70. The van der Waals surface area contributed by atoms with E-state index in [9.17, 15) is 0 Å². The molecule has 3 rings (SSSR count). The van der Waals surface area contributed by atoms with Crippen LogP contribution in [-0.4, -0.2) is 6.04 Å². The minimum absolute atomic E-state index is 0.726. The highest BCUT2D eigenvalue weighted by atomic mass is 15.0. The zero-order chi connectivity index (χ0) is 10.3. The van der Waals surface area contributed by atoms with Crippen LogP contribution in [0.4, 0.5) is 5.69 Å². The van der Waals surface area contributed by atoms with Gasteiger partial charge in [-0.15, -0.1) is 0 Å². The zero-order valence-corrected chi connectivity index (χ0v) is 9.42. The van der Waals surface area contributed by atoms with Crippen LogP contribution in [0, 0.1) is 12.8 Å².